The van der Waals surface area contributed by atoms with Gasteiger partial charge in [-0.05, 0) is 37.1 Å². The van der Waals surface area contributed by atoms with Gasteiger partial charge >= 0.3 is 5.97 Å². The Morgan fingerprint density at radius 2 is 2.12 bits per heavy atom. The number of carboxylic acid groups (broad SMARTS) is 1. The van der Waals surface area contributed by atoms with E-state index in [1.807, 2.05) is 30.5 Å². The molecule has 7 heteroatoms. The molecule has 3 aromatic rings. The molecule has 3 rings (SSSR count). The van der Waals surface area contributed by atoms with Crippen LogP contribution in [-0.4, -0.2) is 27.7 Å². The quantitative estimate of drug-likeness (QED) is 0.757. The molecule has 0 aliphatic carbocycles. The normalized spacial score (nSPS) is 11.0. The van der Waals surface area contributed by atoms with Gasteiger partial charge in [-0.3, -0.25) is 14.2 Å². The molecule has 1 N–H and O–H groups in total. The average molecular weight is 358 g/mol. The molecular weight excluding hydrogens is 340 g/mol. The molecule has 0 unspecified atom stereocenters. The Morgan fingerprint density at radius 3 is 2.76 bits per heavy atom. The first-order valence-electron chi connectivity index (χ1n) is 7.77. The van der Waals surface area contributed by atoms with E-state index in [9.17, 15) is 9.59 Å². The maximum Gasteiger partial charge on any atom is 0.305 e. The second-order valence-electron chi connectivity index (χ2n) is 5.77. The number of methoxy groups -OCH3 is 1. The minimum absolute atomic E-state index is 0.111. The van der Waals surface area contributed by atoms with Crippen LogP contribution in [0.3, 0.4) is 0 Å². The molecule has 0 saturated heterocycles. The van der Waals surface area contributed by atoms with Crippen LogP contribution < -0.4 is 10.3 Å². The van der Waals surface area contributed by atoms with Crippen LogP contribution in [0.4, 0.5) is 0 Å². The predicted molar refractivity (Wildman–Crippen MR) is 97.6 cm³/mol. The van der Waals surface area contributed by atoms with Crippen molar-refractivity contribution in [1.29, 1.82) is 0 Å². The third-order valence-electron chi connectivity index (χ3n) is 4.14. The summed E-state index contributed by atoms with van der Waals surface area (Å²) < 4.78 is 6.72. The number of benzene rings is 1. The number of fused-ring (bicyclic) bond motifs is 1. The number of aromatic nitrogens is 2. The zero-order valence-electron chi connectivity index (χ0n) is 14.2. The minimum Gasteiger partial charge on any atom is -0.496 e. The molecule has 0 saturated carbocycles. The van der Waals surface area contributed by atoms with E-state index in [2.05, 4.69) is 4.98 Å². The van der Waals surface area contributed by atoms with Crippen LogP contribution >= 0.6 is 11.3 Å². The van der Waals surface area contributed by atoms with Gasteiger partial charge in [-0.15, -0.1) is 11.3 Å². The fourth-order valence-corrected chi connectivity index (χ4v) is 3.84. The summed E-state index contributed by atoms with van der Waals surface area (Å²) in [5, 5.41) is 11.3. The van der Waals surface area contributed by atoms with E-state index in [0.717, 1.165) is 22.4 Å². The highest BCUT2D eigenvalue weighted by atomic mass is 32.1. The number of hydrogen-bond donors (Lipinski definition) is 1. The van der Waals surface area contributed by atoms with Crippen molar-refractivity contribution in [2.24, 2.45) is 0 Å². The van der Waals surface area contributed by atoms with E-state index >= 15 is 0 Å². The fraction of sp³-hybridized carbons (Fsp3) is 0.278. The lowest BCUT2D eigenvalue weighted by atomic mass is 10.0. The molecular formula is C18H18N2O4S. The van der Waals surface area contributed by atoms with Crippen LogP contribution in [0.1, 0.15) is 17.8 Å². The van der Waals surface area contributed by atoms with Crippen LogP contribution in [0.25, 0.3) is 21.3 Å². The summed E-state index contributed by atoms with van der Waals surface area (Å²) in [6.07, 6.45) is -0.116. The minimum atomic E-state index is -0.942. The predicted octanol–water partition coefficient (Wildman–Crippen LogP) is 3.23. The summed E-state index contributed by atoms with van der Waals surface area (Å²) in [6.45, 7) is 3.78. The zero-order valence-corrected chi connectivity index (χ0v) is 15.0. The van der Waals surface area contributed by atoms with Gasteiger partial charge in [0.05, 0.1) is 18.9 Å². The number of aryl methyl sites for hydroxylation is 2. The molecule has 2 heterocycles. The molecule has 0 atom stereocenters. The molecule has 130 valence electrons. The van der Waals surface area contributed by atoms with Crippen molar-refractivity contribution in [1.82, 2.24) is 9.55 Å². The maximum atomic E-state index is 12.9. The van der Waals surface area contributed by atoms with Crippen molar-refractivity contribution in [2.75, 3.05) is 7.11 Å². The zero-order chi connectivity index (χ0) is 18.1. The van der Waals surface area contributed by atoms with E-state index in [1.54, 1.807) is 14.0 Å². The summed E-state index contributed by atoms with van der Waals surface area (Å²) in [5.74, 6) is 0.372. The van der Waals surface area contributed by atoms with Crippen LogP contribution in [0.5, 0.6) is 5.75 Å². The molecule has 25 heavy (non-hydrogen) atoms. The van der Waals surface area contributed by atoms with E-state index in [-0.39, 0.29) is 18.5 Å². The highest BCUT2D eigenvalue weighted by molar-refractivity contribution is 7.17. The second kappa shape index (κ2) is 6.68. The number of hydrogen-bond acceptors (Lipinski definition) is 5. The standard InChI is InChI=1S/C18H18N2O4S/c1-10-8-12(4-5-14(10)24-3)13-9-25-17-16(13)18(23)20(11(2)19-17)7-6-15(21)22/h4-5,8-9H,6-7H2,1-3H3,(H,21,22). The first kappa shape index (κ1) is 17.2. The Hall–Kier alpha value is -2.67. The molecule has 0 amide bonds. The van der Waals surface area contributed by atoms with Gasteiger partial charge in [0, 0.05) is 17.5 Å². The van der Waals surface area contributed by atoms with Gasteiger partial charge in [0.25, 0.3) is 5.56 Å². The number of nitrogens with zero attached hydrogens (tertiary/aromatic N) is 2. The van der Waals surface area contributed by atoms with Gasteiger partial charge in [0.2, 0.25) is 0 Å². The summed E-state index contributed by atoms with van der Waals surface area (Å²) in [5.41, 5.74) is 2.50. The second-order valence-corrected chi connectivity index (χ2v) is 6.63. The Bertz CT molecular complexity index is 1020. The number of aliphatic carboxylic acids is 1. The lowest BCUT2D eigenvalue weighted by Crippen LogP contribution is -2.24. The third kappa shape index (κ3) is 3.15. The Kier molecular flexibility index (Phi) is 4.59. The van der Waals surface area contributed by atoms with Crippen LogP contribution in [-0.2, 0) is 11.3 Å². The monoisotopic (exact) mass is 358 g/mol. The van der Waals surface area contributed by atoms with Gasteiger partial charge in [-0.1, -0.05) is 6.07 Å². The first-order chi connectivity index (χ1) is 11.9. The first-order valence-corrected chi connectivity index (χ1v) is 8.65. The average Bonchev–Trinajstić information content (AvgIpc) is 2.98. The van der Waals surface area contributed by atoms with Crippen LogP contribution in [0, 0.1) is 13.8 Å². The highest BCUT2D eigenvalue weighted by Crippen LogP contribution is 2.33. The molecule has 2 aromatic heterocycles. The number of carbonyl (C=O) groups is 1. The lowest BCUT2D eigenvalue weighted by Gasteiger charge is -2.10. The van der Waals surface area contributed by atoms with E-state index in [0.29, 0.717) is 16.0 Å². The van der Waals surface area contributed by atoms with Crippen LogP contribution in [0.2, 0.25) is 0 Å². The molecule has 0 radical (unpaired) electrons. The molecule has 0 aliphatic rings. The molecule has 0 spiro atoms. The molecule has 6 nitrogen and oxygen atoms in total. The Balaban J connectivity index is 2.17. The van der Waals surface area contributed by atoms with E-state index in [1.165, 1.54) is 15.9 Å². The van der Waals surface area contributed by atoms with Crippen molar-refractivity contribution >= 4 is 27.5 Å². The largest absolute Gasteiger partial charge is 0.496 e. The summed E-state index contributed by atoms with van der Waals surface area (Å²) in [4.78, 5) is 28.9. The fourth-order valence-electron chi connectivity index (χ4n) is 2.86. The summed E-state index contributed by atoms with van der Waals surface area (Å²) in [7, 11) is 1.62. The van der Waals surface area contributed by atoms with Crippen molar-refractivity contribution in [3.63, 3.8) is 0 Å². The Labute approximate surface area is 148 Å². The van der Waals surface area contributed by atoms with Gasteiger partial charge in [0.15, 0.2) is 0 Å². The molecule has 0 aliphatic heterocycles. The number of carboxylic acids is 1. The number of thiophene rings is 1. The van der Waals surface area contributed by atoms with Gasteiger partial charge in [-0.2, -0.15) is 0 Å². The van der Waals surface area contributed by atoms with Crippen molar-refractivity contribution < 1.29 is 14.6 Å². The summed E-state index contributed by atoms with van der Waals surface area (Å²) >= 11 is 1.41. The van der Waals surface area contributed by atoms with Crippen molar-refractivity contribution in [3.05, 3.63) is 45.3 Å². The van der Waals surface area contributed by atoms with Crippen molar-refractivity contribution in [2.45, 2.75) is 26.8 Å². The van der Waals surface area contributed by atoms with E-state index < -0.39 is 5.97 Å². The van der Waals surface area contributed by atoms with Crippen molar-refractivity contribution in [3.8, 4) is 16.9 Å². The topological polar surface area (TPSA) is 81.4 Å². The van der Waals surface area contributed by atoms with Gasteiger partial charge in [-0.25, -0.2) is 4.98 Å². The van der Waals surface area contributed by atoms with E-state index in [4.69, 9.17) is 9.84 Å². The lowest BCUT2D eigenvalue weighted by molar-refractivity contribution is -0.137. The Morgan fingerprint density at radius 1 is 1.36 bits per heavy atom. The maximum absolute atomic E-state index is 12.9. The number of ether oxygens (including phenoxy) is 1. The SMILES string of the molecule is COc1ccc(-c2csc3nc(C)n(CCC(=O)O)c(=O)c23)cc1C. The molecule has 0 bridgehead atoms. The molecule has 1 aromatic carbocycles. The third-order valence-corrected chi connectivity index (χ3v) is 5.01. The summed E-state index contributed by atoms with van der Waals surface area (Å²) in [6, 6.07) is 5.76. The van der Waals surface area contributed by atoms with Gasteiger partial charge < -0.3 is 9.84 Å². The van der Waals surface area contributed by atoms with Gasteiger partial charge in [0.1, 0.15) is 16.4 Å². The molecule has 0 fully saturated rings. The highest BCUT2D eigenvalue weighted by Gasteiger charge is 2.16. The van der Waals surface area contributed by atoms with Crippen LogP contribution in [0.15, 0.2) is 28.4 Å². The number of rotatable bonds is 5. The smallest absolute Gasteiger partial charge is 0.305 e.